The van der Waals surface area contributed by atoms with Crippen LogP contribution < -0.4 is 19.7 Å². The molecular formula is C26H29N3O4S. The molecule has 1 amide bonds. The Morgan fingerprint density at radius 2 is 1.68 bits per heavy atom. The first-order chi connectivity index (χ1) is 16.4. The molecule has 3 aromatic rings. The van der Waals surface area contributed by atoms with Gasteiger partial charge in [0.15, 0.2) is 0 Å². The second kappa shape index (κ2) is 10.3. The van der Waals surface area contributed by atoms with E-state index >= 15 is 0 Å². The zero-order valence-corrected chi connectivity index (χ0v) is 20.1. The molecule has 4 rings (SSSR count). The van der Waals surface area contributed by atoms with Gasteiger partial charge in [0, 0.05) is 25.3 Å². The number of fused-ring (bicyclic) bond motifs is 1. The van der Waals surface area contributed by atoms with Crippen molar-refractivity contribution >= 4 is 21.6 Å². The third-order valence-electron chi connectivity index (χ3n) is 5.94. The molecule has 2 N–H and O–H groups in total. The van der Waals surface area contributed by atoms with E-state index in [-0.39, 0.29) is 4.90 Å². The molecule has 178 valence electrons. The van der Waals surface area contributed by atoms with Gasteiger partial charge in [-0.2, -0.15) is 4.72 Å². The summed E-state index contributed by atoms with van der Waals surface area (Å²) in [7, 11) is -2.31. The van der Waals surface area contributed by atoms with Crippen LogP contribution in [0, 0.1) is 0 Å². The van der Waals surface area contributed by atoms with Gasteiger partial charge in [0.25, 0.3) is 0 Å². The quantitative estimate of drug-likeness (QED) is 0.492. The van der Waals surface area contributed by atoms with Crippen molar-refractivity contribution in [3.8, 4) is 5.75 Å². The fourth-order valence-corrected chi connectivity index (χ4v) is 5.21. The number of nitrogens with zero attached hydrogens (tertiary/aromatic N) is 1. The number of nitrogens with one attached hydrogen (secondary N) is 2. The molecule has 0 unspecified atom stereocenters. The molecule has 3 aromatic carbocycles. The summed E-state index contributed by atoms with van der Waals surface area (Å²) >= 11 is 0. The molecule has 0 fully saturated rings. The SMILES string of the molecule is COc1ccc(S(=O)(=O)N[C@@H](C)C(=O)NCc2ccc(CN3CCc4ccccc43)cc2)cc1. The maximum absolute atomic E-state index is 12.5. The normalized spacial score (nSPS) is 13.9. The smallest absolute Gasteiger partial charge is 0.241 e. The molecule has 1 atom stereocenters. The van der Waals surface area contributed by atoms with Crippen molar-refractivity contribution in [1.29, 1.82) is 0 Å². The maximum atomic E-state index is 12.5. The van der Waals surface area contributed by atoms with E-state index in [4.69, 9.17) is 4.74 Å². The number of sulfonamides is 1. The van der Waals surface area contributed by atoms with Gasteiger partial charge in [0.2, 0.25) is 15.9 Å². The second-order valence-electron chi connectivity index (χ2n) is 8.35. The standard InChI is InChI=1S/C26H29N3O4S/c1-19(28-34(31,32)24-13-11-23(33-2)12-14-24)26(30)27-17-20-7-9-21(10-8-20)18-29-16-15-22-5-3-4-6-25(22)29/h3-14,19,28H,15-18H2,1-2H3,(H,27,30)/t19-/m0/s1. The molecule has 34 heavy (non-hydrogen) atoms. The van der Waals surface area contributed by atoms with Gasteiger partial charge in [-0.15, -0.1) is 0 Å². The van der Waals surface area contributed by atoms with Gasteiger partial charge in [-0.1, -0.05) is 42.5 Å². The van der Waals surface area contributed by atoms with E-state index in [1.165, 1.54) is 43.0 Å². The van der Waals surface area contributed by atoms with Crippen molar-refractivity contribution in [1.82, 2.24) is 10.0 Å². The predicted octanol–water partition coefficient (Wildman–Crippen LogP) is 3.24. The number of anilines is 1. The van der Waals surface area contributed by atoms with Crippen molar-refractivity contribution in [2.75, 3.05) is 18.6 Å². The molecule has 0 saturated carbocycles. The number of benzene rings is 3. The third kappa shape index (κ3) is 5.58. The molecule has 0 aromatic heterocycles. The largest absolute Gasteiger partial charge is 0.497 e. The first-order valence-corrected chi connectivity index (χ1v) is 12.7. The van der Waals surface area contributed by atoms with Gasteiger partial charge < -0.3 is 15.0 Å². The van der Waals surface area contributed by atoms with E-state index in [9.17, 15) is 13.2 Å². The Labute approximate surface area is 200 Å². The molecule has 7 nitrogen and oxygen atoms in total. The van der Waals surface area contributed by atoms with Gasteiger partial charge in [-0.3, -0.25) is 4.79 Å². The zero-order valence-electron chi connectivity index (χ0n) is 19.3. The van der Waals surface area contributed by atoms with Crippen LogP contribution in [-0.2, 0) is 34.3 Å². The first kappa shape index (κ1) is 23.8. The van der Waals surface area contributed by atoms with Gasteiger partial charge >= 0.3 is 0 Å². The molecule has 1 aliphatic rings. The summed E-state index contributed by atoms with van der Waals surface area (Å²) in [6.07, 6.45) is 1.07. The van der Waals surface area contributed by atoms with Crippen molar-refractivity contribution in [2.45, 2.75) is 37.4 Å². The van der Waals surface area contributed by atoms with Gasteiger partial charge in [0.1, 0.15) is 5.75 Å². The number of rotatable bonds is 9. The molecule has 8 heteroatoms. The van der Waals surface area contributed by atoms with Gasteiger partial charge in [-0.25, -0.2) is 8.42 Å². The van der Waals surface area contributed by atoms with Crippen molar-refractivity contribution in [3.05, 3.63) is 89.5 Å². The number of ether oxygens (including phenoxy) is 1. The Morgan fingerprint density at radius 1 is 1.00 bits per heavy atom. The molecule has 0 bridgehead atoms. The van der Waals surface area contributed by atoms with Crippen LogP contribution in [0.2, 0.25) is 0 Å². The third-order valence-corrected chi connectivity index (χ3v) is 7.50. The minimum Gasteiger partial charge on any atom is -0.497 e. The number of carbonyl (C=O) groups excluding carboxylic acids is 1. The topological polar surface area (TPSA) is 87.7 Å². The molecule has 1 heterocycles. The summed E-state index contributed by atoms with van der Waals surface area (Å²) < 4.78 is 32.5. The van der Waals surface area contributed by atoms with E-state index < -0.39 is 22.0 Å². The average molecular weight is 480 g/mol. The van der Waals surface area contributed by atoms with Crippen molar-refractivity contribution in [2.24, 2.45) is 0 Å². The number of hydrogen-bond donors (Lipinski definition) is 2. The van der Waals surface area contributed by atoms with Crippen LogP contribution >= 0.6 is 0 Å². The van der Waals surface area contributed by atoms with E-state index in [2.05, 4.69) is 51.3 Å². The first-order valence-electron chi connectivity index (χ1n) is 11.2. The fraction of sp³-hybridized carbons (Fsp3) is 0.269. The van der Waals surface area contributed by atoms with Crippen LogP contribution in [0.25, 0.3) is 0 Å². The molecule has 0 aliphatic carbocycles. The highest BCUT2D eigenvalue weighted by molar-refractivity contribution is 7.89. The second-order valence-corrected chi connectivity index (χ2v) is 10.1. The lowest BCUT2D eigenvalue weighted by Gasteiger charge is -2.19. The number of amides is 1. The minimum atomic E-state index is -3.82. The number of methoxy groups -OCH3 is 1. The van der Waals surface area contributed by atoms with Crippen LogP contribution in [0.5, 0.6) is 5.75 Å². The van der Waals surface area contributed by atoms with Gasteiger partial charge in [-0.05, 0) is 60.4 Å². The Bertz CT molecular complexity index is 1240. The highest BCUT2D eigenvalue weighted by atomic mass is 32.2. The Kier molecular flexibility index (Phi) is 7.19. The van der Waals surface area contributed by atoms with Crippen LogP contribution in [-0.4, -0.2) is 34.0 Å². The molecular weight excluding hydrogens is 450 g/mol. The summed E-state index contributed by atoms with van der Waals surface area (Å²) in [5, 5.41) is 2.80. The van der Waals surface area contributed by atoms with Crippen molar-refractivity contribution in [3.63, 3.8) is 0 Å². The summed E-state index contributed by atoms with van der Waals surface area (Å²) in [6.45, 7) is 3.70. The lowest BCUT2D eigenvalue weighted by Crippen LogP contribution is -2.44. The van der Waals surface area contributed by atoms with Crippen LogP contribution in [0.1, 0.15) is 23.6 Å². The summed E-state index contributed by atoms with van der Waals surface area (Å²) in [5.41, 5.74) is 4.83. The minimum absolute atomic E-state index is 0.0733. The van der Waals surface area contributed by atoms with Gasteiger partial charge in [0.05, 0.1) is 18.0 Å². The number of hydrogen-bond acceptors (Lipinski definition) is 5. The van der Waals surface area contributed by atoms with E-state index in [0.717, 1.165) is 25.1 Å². The predicted molar refractivity (Wildman–Crippen MR) is 132 cm³/mol. The zero-order chi connectivity index (χ0) is 24.1. The van der Waals surface area contributed by atoms with Crippen LogP contribution in [0.4, 0.5) is 5.69 Å². The molecule has 0 spiro atoms. The Balaban J connectivity index is 1.28. The van der Waals surface area contributed by atoms with Crippen molar-refractivity contribution < 1.29 is 17.9 Å². The van der Waals surface area contributed by atoms with Crippen LogP contribution in [0.15, 0.2) is 77.7 Å². The summed E-state index contributed by atoms with van der Waals surface area (Å²) in [6, 6.07) is 21.7. The summed E-state index contributed by atoms with van der Waals surface area (Å²) in [4.78, 5) is 14.9. The van der Waals surface area contributed by atoms with E-state index in [1.54, 1.807) is 12.1 Å². The lowest BCUT2D eigenvalue weighted by molar-refractivity contribution is -0.122. The average Bonchev–Trinajstić information content (AvgIpc) is 3.26. The fourth-order valence-electron chi connectivity index (χ4n) is 4.01. The van der Waals surface area contributed by atoms with E-state index in [1.807, 2.05) is 12.1 Å². The van der Waals surface area contributed by atoms with Crippen LogP contribution in [0.3, 0.4) is 0 Å². The maximum Gasteiger partial charge on any atom is 0.241 e. The summed E-state index contributed by atoms with van der Waals surface area (Å²) in [5.74, 6) is 0.163. The molecule has 0 saturated heterocycles. The Hall–Kier alpha value is -3.36. The lowest BCUT2D eigenvalue weighted by atomic mass is 10.1. The molecule has 1 aliphatic heterocycles. The highest BCUT2D eigenvalue weighted by Crippen LogP contribution is 2.28. The number of para-hydroxylation sites is 1. The van der Waals surface area contributed by atoms with E-state index in [0.29, 0.717) is 12.3 Å². The number of carbonyl (C=O) groups is 1. The highest BCUT2D eigenvalue weighted by Gasteiger charge is 2.22. The monoisotopic (exact) mass is 479 g/mol. The molecule has 0 radical (unpaired) electrons. The Morgan fingerprint density at radius 3 is 2.38 bits per heavy atom.